The van der Waals surface area contributed by atoms with Gasteiger partial charge in [-0.05, 0) is 103 Å². The Hall–Kier alpha value is -9.76. The van der Waals surface area contributed by atoms with Crippen molar-refractivity contribution in [3.8, 4) is 85.1 Å². The molecule has 17 heteroatoms. The van der Waals surface area contributed by atoms with E-state index in [1.807, 2.05) is 121 Å². The number of pyridine rings is 4. The number of hydrogen-bond donors (Lipinski definition) is 0. The third kappa shape index (κ3) is 16.6. The molecular weight excluding hydrogens is 1500 g/mol. The SMILES string of the molecule is O=C(Oc1ccc(-c2[c-]cccc2)nc1)C1CC(C(=O)Oc2ccc(-c3[c-]cccc3)nc2)CC(c2ccccc2-c2cnc(-n3[c-]cc[c-]3)nc2)C1.O=C(Oc1ccc(-c2[c-]cccc2)nc1)C1CCCC(C(=O)Oc2ccc(-c3[c-]cccc3)nc2)C1.[Ir+3].[Ir+3]. The first-order chi connectivity index (χ1) is 43.7. The van der Waals surface area contributed by atoms with Crippen molar-refractivity contribution < 1.29 is 78.3 Å². The molecule has 0 saturated heterocycles. The summed E-state index contributed by atoms with van der Waals surface area (Å²) in [6.45, 7) is 0. The van der Waals surface area contributed by atoms with Crippen LogP contribution in [0.3, 0.4) is 0 Å². The number of rotatable bonds is 15. The van der Waals surface area contributed by atoms with Crippen molar-refractivity contribution >= 4 is 23.9 Å². The molecule has 2 aliphatic carbocycles. The van der Waals surface area contributed by atoms with Crippen LogP contribution in [0, 0.1) is 60.3 Å². The first-order valence-corrected chi connectivity index (χ1v) is 29.2. The maximum absolute atomic E-state index is 13.9. The van der Waals surface area contributed by atoms with E-state index in [9.17, 15) is 19.2 Å². The van der Waals surface area contributed by atoms with Gasteiger partial charge in [0.1, 0.15) is 23.0 Å². The van der Waals surface area contributed by atoms with Crippen molar-refractivity contribution in [2.45, 2.75) is 50.9 Å². The Kier molecular flexibility index (Phi) is 22.0. The van der Waals surface area contributed by atoms with E-state index in [4.69, 9.17) is 18.9 Å². The molecule has 0 radical (unpaired) electrons. The maximum Gasteiger partial charge on any atom is 3.00 e. The van der Waals surface area contributed by atoms with E-state index < -0.39 is 23.8 Å². The number of nitrogens with zero attached hydrogens (tertiary/aromatic N) is 7. The van der Waals surface area contributed by atoms with Gasteiger partial charge >= 0.3 is 64.1 Å². The maximum atomic E-state index is 13.9. The average Bonchev–Trinajstić information content (AvgIpc) is 1.82. The molecule has 0 amide bonds. The van der Waals surface area contributed by atoms with Crippen LogP contribution in [-0.2, 0) is 59.4 Å². The van der Waals surface area contributed by atoms with Crippen LogP contribution >= 0.6 is 0 Å². The summed E-state index contributed by atoms with van der Waals surface area (Å²) in [6, 6.07) is 68.2. The molecular formula is C74H55Ir2N7O8. The zero-order valence-electron chi connectivity index (χ0n) is 48.7. The van der Waals surface area contributed by atoms with E-state index in [0.717, 1.165) is 56.8 Å². The fraction of sp³-hybridized carbons (Fsp3) is 0.162. The van der Waals surface area contributed by atoms with Crippen LogP contribution in [-0.4, -0.2) is 58.3 Å². The first-order valence-electron chi connectivity index (χ1n) is 29.2. The standard InChI is InChI=1S/C44H31N5O4.C30H24N2O4.2Ir/c50-42(52-36-17-19-40(45-28-36)30-11-3-1-4-12-30)33-23-32(38-15-7-8-16-39(38)35-26-47-44(48-27-35)49-21-9-10-22-49)24-34(25-33)43(51)53-37-18-20-41(46-29-37)31-13-5-2-6-14-31;33-29(35-25-14-16-27(31-19-25)21-8-3-1-4-9-21)23-12-7-13-24(18-23)30(34)36-26-15-17-28(32-20-26)22-10-5-2-6-11-22;;/h1-11,13,15-20,26-29,32-34H,23-25H2;1-6,8,10,14-17,19-20,23-24H,7,12-13,18H2;;/q-4;-2;2*+3. The molecule has 6 aromatic heterocycles. The fourth-order valence-electron chi connectivity index (χ4n) is 11.1. The van der Waals surface area contributed by atoms with Crippen molar-refractivity contribution in [1.29, 1.82) is 0 Å². The Morgan fingerprint density at radius 2 is 0.725 bits per heavy atom. The molecule has 4 unspecified atom stereocenters. The van der Waals surface area contributed by atoms with Gasteiger partial charge in [-0.15, -0.1) is 144 Å². The molecule has 11 aromatic rings. The Morgan fingerprint density at radius 1 is 0.374 bits per heavy atom. The summed E-state index contributed by atoms with van der Waals surface area (Å²) < 4.78 is 24.5. The summed E-state index contributed by atoms with van der Waals surface area (Å²) in [4.78, 5) is 80.1. The summed E-state index contributed by atoms with van der Waals surface area (Å²) in [5, 5.41) is 0. The summed E-state index contributed by atoms with van der Waals surface area (Å²) in [5.41, 5.74) is 9.05. The molecule has 2 saturated carbocycles. The van der Waals surface area contributed by atoms with Crippen molar-refractivity contribution in [3.05, 3.63) is 261 Å². The van der Waals surface area contributed by atoms with Crippen LogP contribution in [0.5, 0.6) is 23.0 Å². The topological polar surface area (TPSA) is 187 Å². The molecule has 0 spiro atoms. The van der Waals surface area contributed by atoms with E-state index in [-0.39, 0.29) is 76.3 Å². The Bertz CT molecular complexity index is 3930. The number of ether oxygens (including phenoxy) is 4. The second-order valence-corrected chi connectivity index (χ2v) is 21.5. The minimum Gasteiger partial charge on any atom is -0.562 e. The Morgan fingerprint density at radius 3 is 1.08 bits per heavy atom. The molecule has 2 fully saturated rings. The molecule has 15 nitrogen and oxygen atoms in total. The fourth-order valence-corrected chi connectivity index (χ4v) is 11.1. The summed E-state index contributed by atoms with van der Waals surface area (Å²) in [5.74, 6) is -1.78. The molecule has 0 N–H and O–H groups in total. The largest absolute Gasteiger partial charge is 3.00 e. The van der Waals surface area contributed by atoms with E-state index >= 15 is 0 Å². The van der Waals surface area contributed by atoms with Gasteiger partial charge < -0.3 is 53.4 Å². The normalized spacial score (nSPS) is 16.6. The van der Waals surface area contributed by atoms with E-state index in [0.29, 0.717) is 72.4 Å². The van der Waals surface area contributed by atoms with Crippen LogP contribution in [0.4, 0.5) is 0 Å². The molecule has 5 aromatic carbocycles. The van der Waals surface area contributed by atoms with Gasteiger partial charge in [-0.1, -0.05) is 55.0 Å². The van der Waals surface area contributed by atoms with Gasteiger partial charge in [0, 0.05) is 18.0 Å². The predicted molar refractivity (Wildman–Crippen MR) is 330 cm³/mol. The van der Waals surface area contributed by atoms with Gasteiger partial charge in [0.15, 0.2) is 0 Å². The van der Waals surface area contributed by atoms with Gasteiger partial charge in [-0.2, -0.15) is 0 Å². The molecule has 452 valence electrons. The monoisotopic (exact) mass is 1560 g/mol. The van der Waals surface area contributed by atoms with Crippen molar-refractivity contribution in [1.82, 2.24) is 34.5 Å². The van der Waals surface area contributed by atoms with E-state index in [1.165, 1.54) is 24.8 Å². The minimum absolute atomic E-state index is 0. The number of carbonyl (C=O) groups excluding carboxylic acids is 4. The smallest absolute Gasteiger partial charge is 0.562 e. The third-order valence-electron chi connectivity index (χ3n) is 15.5. The first kappa shape index (κ1) is 64.2. The molecule has 2 aliphatic rings. The van der Waals surface area contributed by atoms with Gasteiger partial charge in [-0.3, -0.25) is 31.4 Å². The number of aromatic nitrogens is 7. The average molecular weight is 1550 g/mol. The summed E-state index contributed by atoms with van der Waals surface area (Å²) in [6.07, 6.45) is 19.4. The molecule has 4 atom stereocenters. The van der Waals surface area contributed by atoms with Crippen molar-refractivity contribution in [2.24, 2.45) is 23.7 Å². The van der Waals surface area contributed by atoms with Crippen LogP contribution < -0.4 is 18.9 Å². The second kappa shape index (κ2) is 31.1. The van der Waals surface area contributed by atoms with Crippen molar-refractivity contribution in [3.63, 3.8) is 0 Å². The van der Waals surface area contributed by atoms with E-state index in [1.54, 1.807) is 77.6 Å². The van der Waals surface area contributed by atoms with Crippen molar-refractivity contribution in [2.75, 3.05) is 0 Å². The quantitative estimate of drug-likeness (QED) is 0.0696. The Balaban J connectivity index is 0.000000210. The molecule has 13 rings (SSSR count). The van der Waals surface area contributed by atoms with Gasteiger partial charge in [-0.25, -0.2) is 12.3 Å². The molecule has 0 aliphatic heterocycles. The minimum atomic E-state index is -0.589. The number of carbonyl (C=O) groups is 4. The number of benzene rings is 5. The van der Waals surface area contributed by atoms with Crippen LogP contribution in [0.25, 0.3) is 62.1 Å². The van der Waals surface area contributed by atoms with Crippen LogP contribution in [0.2, 0.25) is 0 Å². The Labute approximate surface area is 554 Å². The van der Waals surface area contributed by atoms with Crippen LogP contribution in [0.1, 0.15) is 56.4 Å². The third-order valence-corrected chi connectivity index (χ3v) is 15.5. The van der Waals surface area contributed by atoms with Gasteiger partial charge in [0.05, 0.1) is 54.4 Å². The summed E-state index contributed by atoms with van der Waals surface area (Å²) >= 11 is 0. The number of esters is 4. The predicted octanol–water partition coefficient (Wildman–Crippen LogP) is 13.7. The van der Waals surface area contributed by atoms with Crippen LogP contribution in [0.15, 0.2) is 219 Å². The summed E-state index contributed by atoms with van der Waals surface area (Å²) in [7, 11) is 0. The number of hydrogen-bond acceptors (Lipinski definition) is 14. The molecule has 0 bridgehead atoms. The zero-order valence-corrected chi connectivity index (χ0v) is 53.5. The second-order valence-electron chi connectivity index (χ2n) is 21.5. The van der Waals surface area contributed by atoms with Gasteiger partial charge in [0.2, 0.25) is 0 Å². The molecule has 91 heavy (non-hydrogen) atoms. The van der Waals surface area contributed by atoms with E-state index in [2.05, 4.69) is 66.6 Å². The molecule has 6 heterocycles. The van der Waals surface area contributed by atoms with Gasteiger partial charge in [0.25, 0.3) is 0 Å². The zero-order chi connectivity index (χ0) is 60.7.